The number of rotatable bonds is 4. The zero-order valence-electron chi connectivity index (χ0n) is 16.1. The summed E-state index contributed by atoms with van der Waals surface area (Å²) in [7, 11) is 3.94. The second kappa shape index (κ2) is 8.00. The van der Waals surface area contributed by atoms with E-state index in [9.17, 15) is 9.59 Å². The van der Waals surface area contributed by atoms with E-state index in [1.54, 1.807) is 4.90 Å². The lowest BCUT2D eigenvalue weighted by molar-refractivity contribution is -0.131. The van der Waals surface area contributed by atoms with Gasteiger partial charge in [-0.2, -0.15) is 0 Å². The Labute approximate surface area is 151 Å². The maximum atomic E-state index is 12.3. The maximum absolute atomic E-state index is 12.3. The van der Waals surface area contributed by atoms with Crippen molar-refractivity contribution in [2.24, 2.45) is 0 Å². The first-order valence-corrected chi connectivity index (χ1v) is 9.01. The van der Waals surface area contributed by atoms with Crippen molar-refractivity contribution in [2.45, 2.75) is 45.1 Å². The molecule has 5 nitrogen and oxygen atoms in total. The third-order valence-corrected chi connectivity index (χ3v) is 5.04. The Morgan fingerprint density at radius 3 is 2.24 bits per heavy atom. The van der Waals surface area contributed by atoms with Crippen LogP contribution in [0.2, 0.25) is 0 Å². The number of carbonyl (C=O) groups excluding carboxylic acids is 2. The summed E-state index contributed by atoms with van der Waals surface area (Å²) in [4.78, 5) is 28.7. The lowest BCUT2D eigenvalue weighted by atomic mass is 9.87. The summed E-state index contributed by atoms with van der Waals surface area (Å²) in [6.07, 6.45) is 1.97. The smallest absolute Gasteiger partial charge is 0.251 e. The van der Waals surface area contributed by atoms with Crippen LogP contribution in [0.25, 0.3) is 0 Å². The maximum Gasteiger partial charge on any atom is 0.251 e. The van der Waals surface area contributed by atoms with Crippen molar-refractivity contribution in [3.63, 3.8) is 0 Å². The zero-order chi connectivity index (χ0) is 18.6. The van der Waals surface area contributed by atoms with Gasteiger partial charge in [0.25, 0.3) is 5.91 Å². The Hall–Kier alpha value is -1.88. The van der Waals surface area contributed by atoms with E-state index in [0.717, 1.165) is 25.9 Å². The molecule has 2 amide bonds. The van der Waals surface area contributed by atoms with E-state index in [-0.39, 0.29) is 29.8 Å². The molecular weight excluding hydrogens is 314 g/mol. The average Bonchev–Trinajstić information content (AvgIpc) is 2.58. The molecule has 0 spiro atoms. The van der Waals surface area contributed by atoms with Gasteiger partial charge in [-0.1, -0.05) is 32.9 Å². The molecule has 1 aromatic rings. The third kappa shape index (κ3) is 5.30. The van der Waals surface area contributed by atoms with Gasteiger partial charge in [-0.05, 0) is 56.1 Å². The highest BCUT2D eigenvalue weighted by molar-refractivity contribution is 5.96. The highest BCUT2D eigenvalue weighted by atomic mass is 16.2. The van der Waals surface area contributed by atoms with Crippen molar-refractivity contribution >= 4 is 11.8 Å². The SMILES string of the molecule is CN1CCC(N(C)C(=O)CNC(=O)c2ccc(C(C)(C)C)cc2)CC1. The lowest BCUT2D eigenvalue weighted by Gasteiger charge is -2.35. The highest BCUT2D eigenvalue weighted by Crippen LogP contribution is 2.22. The van der Waals surface area contributed by atoms with Gasteiger partial charge in [-0.25, -0.2) is 0 Å². The highest BCUT2D eigenvalue weighted by Gasteiger charge is 2.24. The summed E-state index contributed by atoms with van der Waals surface area (Å²) in [6.45, 7) is 8.48. The summed E-state index contributed by atoms with van der Waals surface area (Å²) in [5.74, 6) is -0.236. The van der Waals surface area contributed by atoms with Crippen molar-refractivity contribution in [3.8, 4) is 0 Å². The normalized spacial score (nSPS) is 16.5. The van der Waals surface area contributed by atoms with Gasteiger partial charge in [0.1, 0.15) is 0 Å². The minimum atomic E-state index is -0.203. The molecule has 0 aliphatic carbocycles. The van der Waals surface area contributed by atoms with E-state index in [1.165, 1.54) is 5.56 Å². The lowest BCUT2D eigenvalue weighted by Crippen LogP contribution is -2.47. The van der Waals surface area contributed by atoms with Crippen molar-refractivity contribution in [3.05, 3.63) is 35.4 Å². The summed E-state index contributed by atoms with van der Waals surface area (Å²) >= 11 is 0. The van der Waals surface area contributed by atoms with Crippen LogP contribution in [-0.4, -0.2) is 61.4 Å². The molecule has 5 heteroatoms. The fourth-order valence-corrected chi connectivity index (χ4v) is 3.09. The summed E-state index contributed by atoms with van der Waals surface area (Å²) in [5.41, 5.74) is 1.83. The van der Waals surface area contributed by atoms with E-state index >= 15 is 0 Å². The topological polar surface area (TPSA) is 52.6 Å². The fourth-order valence-electron chi connectivity index (χ4n) is 3.09. The van der Waals surface area contributed by atoms with E-state index < -0.39 is 0 Å². The van der Waals surface area contributed by atoms with E-state index in [4.69, 9.17) is 0 Å². The first-order valence-electron chi connectivity index (χ1n) is 9.01. The molecule has 1 aromatic carbocycles. The molecule has 1 saturated heterocycles. The molecular formula is C20H31N3O2. The van der Waals surface area contributed by atoms with E-state index in [2.05, 4.69) is 38.0 Å². The van der Waals surface area contributed by atoms with Crippen LogP contribution in [0.4, 0.5) is 0 Å². The molecule has 0 unspecified atom stereocenters. The van der Waals surface area contributed by atoms with Gasteiger partial charge >= 0.3 is 0 Å². The van der Waals surface area contributed by atoms with Crippen LogP contribution in [0.15, 0.2) is 24.3 Å². The van der Waals surface area contributed by atoms with Crippen LogP contribution >= 0.6 is 0 Å². The fraction of sp³-hybridized carbons (Fsp3) is 0.600. The molecule has 25 heavy (non-hydrogen) atoms. The predicted molar refractivity (Wildman–Crippen MR) is 101 cm³/mol. The van der Waals surface area contributed by atoms with E-state index in [0.29, 0.717) is 5.56 Å². The third-order valence-electron chi connectivity index (χ3n) is 5.04. The average molecular weight is 345 g/mol. The quantitative estimate of drug-likeness (QED) is 0.911. The molecule has 0 radical (unpaired) electrons. The number of benzene rings is 1. The molecule has 2 rings (SSSR count). The summed E-state index contributed by atoms with van der Waals surface area (Å²) in [5, 5.41) is 2.75. The monoisotopic (exact) mass is 345 g/mol. The summed E-state index contributed by atoms with van der Waals surface area (Å²) < 4.78 is 0. The number of carbonyl (C=O) groups is 2. The molecule has 0 bridgehead atoms. The van der Waals surface area contributed by atoms with Crippen LogP contribution in [0, 0.1) is 0 Å². The number of nitrogens with zero attached hydrogens (tertiary/aromatic N) is 2. The molecule has 0 atom stereocenters. The van der Waals surface area contributed by atoms with Gasteiger partial charge in [0.2, 0.25) is 5.91 Å². The molecule has 1 N–H and O–H groups in total. The molecule has 0 aromatic heterocycles. The minimum absolute atomic E-state index is 0.0331. The zero-order valence-corrected chi connectivity index (χ0v) is 16.1. The summed E-state index contributed by atoms with van der Waals surface area (Å²) in [6, 6.07) is 7.86. The van der Waals surface area contributed by atoms with Gasteiger partial charge in [-0.15, -0.1) is 0 Å². The Morgan fingerprint density at radius 1 is 1.16 bits per heavy atom. The van der Waals surface area contributed by atoms with Gasteiger partial charge in [-0.3, -0.25) is 9.59 Å². The largest absolute Gasteiger partial charge is 0.343 e. The number of amides is 2. The number of hydrogen-bond acceptors (Lipinski definition) is 3. The Kier molecular flexibility index (Phi) is 6.22. The number of piperidine rings is 1. The molecule has 1 heterocycles. The number of likely N-dealkylation sites (N-methyl/N-ethyl adjacent to an activating group) is 1. The standard InChI is InChI=1S/C20H31N3O2/c1-20(2,3)16-8-6-15(7-9-16)19(25)21-14-18(24)23(5)17-10-12-22(4)13-11-17/h6-9,17H,10-14H2,1-5H3,(H,21,25). The Bertz CT molecular complexity index is 596. The van der Waals surface area contributed by atoms with Gasteiger partial charge in [0, 0.05) is 18.7 Å². The van der Waals surface area contributed by atoms with Crippen molar-refractivity contribution in [1.29, 1.82) is 0 Å². The van der Waals surface area contributed by atoms with Gasteiger partial charge in [0.15, 0.2) is 0 Å². The Morgan fingerprint density at radius 2 is 1.72 bits per heavy atom. The van der Waals surface area contributed by atoms with Crippen LogP contribution in [0.5, 0.6) is 0 Å². The van der Waals surface area contributed by atoms with Crippen LogP contribution in [0.3, 0.4) is 0 Å². The first-order chi connectivity index (χ1) is 11.7. The molecule has 138 valence electrons. The second-order valence-corrected chi connectivity index (χ2v) is 8.05. The van der Waals surface area contributed by atoms with Crippen molar-refractivity contribution < 1.29 is 9.59 Å². The van der Waals surface area contributed by atoms with Crippen LogP contribution in [-0.2, 0) is 10.2 Å². The molecule has 0 saturated carbocycles. The Balaban J connectivity index is 1.85. The number of likely N-dealkylation sites (tertiary alicyclic amines) is 1. The predicted octanol–water partition coefficient (Wildman–Crippen LogP) is 2.27. The molecule has 1 fully saturated rings. The molecule has 1 aliphatic heterocycles. The van der Waals surface area contributed by atoms with Crippen molar-refractivity contribution in [1.82, 2.24) is 15.1 Å². The number of nitrogens with one attached hydrogen (secondary N) is 1. The second-order valence-electron chi connectivity index (χ2n) is 8.05. The minimum Gasteiger partial charge on any atom is -0.343 e. The van der Waals surface area contributed by atoms with E-state index in [1.807, 2.05) is 31.3 Å². The van der Waals surface area contributed by atoms with Crippen LogP contribution in [0.1, 0.15) is 49.5 Å². The molecule has 1 aliphatic rings. The van der Waals surface area contributed by atoms with Crippen LogP contribution < -0.4 is 5.32 Å². The van der Waals surface area contributed by atoms with Crippen molar-refractivity contribution in [2.75, 3.05) is 33.7 Å². The first kappa shape index (κ1) is 19.4. The number of hydrogen-bond donors (Lipinski definition) is 1. The van der Waals surface area contributed by atoms with Gasteiger partial charge in [0.05, 0.1) is 6.54 Å². The van der Waals surface area contributed by atoms with Gasteiger partial charge < -0.3 is 15.1 Å².